The summed E-state index contributed by atoms with van der Waals surface area (Å²) in [6.07, 6.45) is 13.2. The fourth-order valence-electron chi connectivity index (χ4n) is 4.42. The van der Waals surface area contributed by atoms with Crippen LogP contribution in [0.4, 0.5) is 0 Å². The van der Waals surface area contributed by atoms with Crippen molar-refractivity contribution in [1.29, 1.82) is 0 Å². The molecule has 0 heterocycles. The van der Waals surface area contributed by atoms with Gasteiger partial charge in [-0.05, 0) is 69.1 Å². The van der Waals surface area contributed by atoms with Crippen molar-refractivity contribution >= 4 is 0 Å². The topological polar surface area (TPSA) is 20.2 Å². The van der Waals surface area contributed by atoms with Crippen LogP contribution in [0.25, 0.3) is 0 Å². The molecule has 1 aromatic carbocycles. The largest absolute Gasteiger partial charge is 0.508 e. The molecule has 144 valence electrons. The third-order valence-corrected chi connectivity index (χ3v) is 5.97. The molecule has 0 radical (unpaired) electrons. The molecular formula is C25H38O. The van der Waals surface area contributed by atoms with E-state index in [0.29, 0.717) is 11.7 Å². The average Bonchev–Trinajstić information content (AvgIpc) is 2.60. The number of aryl methyl sites for hydroxylation is 2. The lowest BCUT2D eigenvalue weighted by atomic mass is 9.72. The number of rotatable bonds is 9. The van der Waals surface area contributed by atoms with Gasteiger partial charge in [0.1, 0.15) is 5.75 Å². The third-order valence-electron chi connectivity index (χ3n) is 5.97. The Labute approximate surface area is 161 Å². The molecule has 0 bridgehead atoms. The van der Waals surface area contributed by atoms with Crippen molar-refractivity contribution in [1.82, 2.24) is 0 Å². The zero-order chi connectivity index (χ0) is 19.1. The maximum Gasteiger partial charge on any atom is 0.119 e. The molecule has 1 aliphatic rings. The Bertz CT molecular complexity index is 638. The van der Waals surface area contributed by atoms with Gasteiger partial charge in [-0.15, -0.1) is 0 Å². The molecular weight excluding hydrogens is 316 g/mol. The van der Waals surface area contributed by atoms with E-state index in [1.54, 1.807) is 0 Å². The zero-order valence-electron chi connectivity index (χ0n) is 17.4. The molecule has 0 saturated carbocycles. The molecule has 1 aromatic rings. The van der Waals surface area contributed by atoms with Crippen LogP contribution in [0.5, 0.6) is 5.75 Å². The molecule has 0 aliphatic heterocycles. The van der Waals surface area contributed by atoms with E-state index in [4.69, 9.17) is 0 Å². The van der Waals surface area contributed by atoms with Crippen LogP contribution >= 0.6 is 0 Å². The Balaban J connectivity index is 2.25. The van der Waals surface area contributed by atoms with Gasteiger partial charge in [-0.3, -0.25) is 0 Å². The first-order chi connectivity index (χ1) is 12.5. The molecule has 0 amide bonds. The summed E-state index contributed by atoms with van der Waals surface area (Å²) in [6, 6.07) is 4.38. The summed E-state index contributed by atoms with van der Waals surface area (Å²) < 4.78 is 0. The van der Waals surface area contributed by atoms with Gasteiger partial charge < -0.3 is 5.11 Å². The fraction of sp³-hybridized carbons (Fsp3) is 0.600. The van der Waals surface area contributed by atoms with Crippen molar-refractivity contribution in [2.24, 2.45) is 5.92 Å². The van der Waals surface area contributed by atoms with Crippen LogP contribution in [-0.2, 0) is 12.8 Å². The predicted octanol–water partition coefficient (Wildman–Crippen LogP) is 7.48. The lowest BCUT2D eigenvalue weighted by molar-refractivity contribution is 0.434. The van der Waals surface area contributed by atoms with Crippen molar-refractivity contribution in [3.05, 3.63) is 52.6 Å². The first-order valence-corrected chi connectivity index (χ1v) is 10.6. The van der Waals surface area contributed by atoms with Crippen molar-refractivity contribution in [2.45, 2.75) is 91.4 Å². The summed E-state index contributed by atoms with van der Waals surface area (Å²) in [6.45, 7) is 13.1. The number of hydrogen-bond acceptors (Lipinski definition) is 1. The van der Waals surface area contributed by atoms with Gasteiger partial charge >= 0.3 is 0 Å². The molecule has 2 rings (SSSR count). The van der Waals surface area contributed by atoms with E-state index in [0.717, 1.165) is 31.2 Å². The lowest BCUT2D eigenvalue weighted by Crippen LogP contribution is -2.18. The Morgan fingerprint density at radius 3 is 2.54 bits per heavy atom. The molecule has 2 atom stereocenters. The van der Waals surface area contributed by atoms with Gasteiger partial charge in [-0.2, -0.15) is 0 Å². The minimum absolute atomic E-state index is 0.273. The van der Waals surface area contributed by atoms with Gasteiger partial charge in [0, 0.05) is 11.5 Å². The van der Waals surface area contributed by atoms with Crippen LogP contribution in [0.3, 0.4) is 0 Å². The highest BCUT2D eigenvalue weighted by atomic mass is 16.3. The minimum atomic E-state index is 0.273. The summed E-state index contributed by atoms with van der Waals surface area (Å²) >= 11 is 0. The maximum atomic E-state index is 10.9. The first-order valence-electron chi connectivity index (χ1n) is 10.6. The monoisotopic (exact) mass is 354 g/mol. The first kappa shape index (κ1) is 20.8. The van der Waals surface area contributed by atoms with Gasteiger partial charge in [0.15, 0.2) is 0 Å². The van der Waals surface area contributed by atoms with E-state index in [1.165, 1.54) is 54.4 Å². The molecule has 0 fully saturated rings. The highest BCUT2D eigenvalue weighted by Crippen LogP contribution is 2.44. The number of allylic oxidation sites excluding steroid dienone is 3. The second-order valence-corrected chi connectivity index (χ2v) is 8.24. The van der Waals surface area contributed by atoms with Crippen molar-refractivity contribution in [3.63, 3.8) is 0 Å². The van der Waals surface area contributed by atoms with E-state index in [-0.39, 0.29) is 5.92 Å². The fourth-order valence-corrected chi connectivity index (χ4v) is 4.42. The summed E-state index contributed by atoms with van der Waals surface area (Å²) in [4.78, 5) is 0. The minimum Gasteiger partial charge on any atom is -0.508 e. The van der Waals surface area contributed by atoms with Crippen molar-refractivity contribution in [3.8, 4) is 5.75 Å². The summed E-state index contributed by atoms with van der Waals surface area (Å²) in [5.74, 6) is 1.21. The predicted molar refractivity (Wildman–Crippen MR) is 114 cm³/mol. The Kier molecular flexibility index (Phi) is 8.00. The van der Waals surface area contributed by atoms with Gasteiger partial charge in [-0.25, -0.2) is 0 Å². The van der Waals surface area contributed by atoms with E-state index < -0.39 is 0 Å². The number of aromatic hydroxyl groups is 1. The highest BCUT2D eigenvalue weighted by Gasteiger charge is 2.29. The lowest BCUT2D eigenvalue weighted by Gasteiger charge is -2.32. The number of phenols is 1. The van der Waals surface area contributed by atoms with Crippen LogP contribution in [-0.4, -0.2) is 5.11 Å². The Morgan fingerprint density at radius 2 is 1.88 bits per heavy atom. The smallest absolute Gasteiger partial charge is 0.119 e. The SMILES string of the molecule is C=C(C)[C@@H]1CCC(C)=C[C@H]1c1c(O)cc(CCCCCCC)cc1CC. The van der Waals surface area contributed by atoms with Gasteiger partial charge in [0.2, 0.25) is 0 Å². The average molecular weight is 355 g/mol. The second kappa shape index (κ2) is 10.00. The molecule has 1 heteroatoms. The Hall–Kier alpha value is -1.50. The second-order valence-electron chi connectivity index (χ2n) is 8.24. The van der Waals surface area contributed by atoms with Gasteiger partial charge in [0.05, 0.1) is 0 Å². The number of unbranched alkanes of at least 4 members (excludes halogenated alkanes) is 4. The number of phenolic OH excluding ortho intramolecular Hbond substituents is 1. The molecule has 26 heavy (non-hydrogen) atoms. The highest BCUT2D eigenvalue weighted by molar-refractivity contribution is 5.49. The molecule has 0 saturated heterocycles. The van der Waals surface area contributed by atoms with Crippen LogP contribution < -0.4 is 0 Å². The van der Waals surface area contributed by atoms with E-state index >= 15 is 0 Å². The van der Waals surface area contributed by atoms with Crippen LogP contribution in [0, 0.1) is 5.92 Å². The molecule has 0 spiro atoms. The summed E-state index contributed by atoms with van der Waals surface area (Å²) in [5.41, 5.74) is 6.43. The summed E-state index contributed by atoms with van der Waals surface area (Å²) in [5, 5.41) is 10.9. The summed E-state index contributed by atoms with van der Waals surface area (Å²) in [7, 11) is 0. The third kappa shape index (κ3) is 5.25. The maximum absolute atomic E-state index is 10.9. The van der Waals surface area contributed by atoms with Gasteiger partial charge in [-0.1, -0.05) is 69.4 Å². The molecule has 0 unspecified atom stereocenters. The zero-order valence-corrected chi connectivity index (χ0v) is 17.4. The standard InChI is InChI=1S/C25H38O/c1-6-8-9-10-11-12-20-16-21(7-2)25(24(26)17-20)23-15-19(5)13-14-22(23)18(3)4/h15-17,22-23,26H,3,6-14H2,1-2,4-5H3/t22-,23+/m0/s1. The van der Waals surface area contributed by atoms with E-state index in [9.17, 15) is 5.11 Å². The van der Waals surface area contributed by atoms with E-state index in [1.807, 2.05) is 6.07 Å². The quantitative estimate of drug-likeness (QED) is 0.360. The molecule has 0 aromatic heterocycles. The molecule has 1 aliphatic carbocycles. The van der Waals surface area contributed by atoms with Crippen molar-refractivity contribution in [2.75, 3.05) is 0 Å². The number of benzene rings is 1. The van der Waals surface area contributed by atoms with Crippen LogP contribution in [0.1, 0.15) is 95.2 Å². The van der Waals surface area contributed by atoms with Crippen molar-refractivity contribution < 1.29 is 5.11 Å². The van der Waals surface area contributed by atoms with Crippen LogP contribution in [0.2, 0.25) is 0 Å². The molecule has 1 N–H and O–H groups in total. The normalized spacial score (nSPS) is 20.1. The molecule has 1 nitrogen and oxygen atoms in total. The van der Waals surface area contributed by atoms with Crippen LogP contribution in [0.15, 0.2) is 35.9 Å². The van der Waals surface area contributed by atoms with E-state index in [2.05, 4.69) is 46.4 Å². The number of hydrogen-bond donors (Lipinski definition) is 1. The van der Waals surface area contributed by atoms with Gasteiger partial charge in [0.25, 0.3) is 0 Å². The Morgan fingerprint density at radius 1 is 1.15 bits per heavy atom.